The number of benzene rings is 1. The third-order valence-electron chi connectivity index (χ3n) is 2.22. The fourth-order valence-corrected chi connectivity index (χ4v) is 1.78. The summed E-state index contributed by atoms with van der Waals surface area (Å²) in [5.41, 5.74) is 1.71. The molecule has 0 bridgehead atoms. The van der Waals surface area contributed by atoms with Gasteiger partial charge in [0.2, 0.25) is 0 Å². The molecule has 78 valence electrons. The zero-order chi connectivity index (χ0) is 10.7. The van der Waals surface area contributed by atoms with E-state index in [-0.39, 0.29) is 0 Å². The number of hydrogen-bond acceptors (Lipinski definition) is 2. The molecular formula is C11H15ClO2. The minimum absolute atomic E-state index is 0.512. The molecule has 0 radical (unpaired) electrons. The highest BCUT2D eigenvalue weighted by molar-refractivity contribution is 6.30. The van der Waals surface area contributed by atoms with Gasteiger partial charge < -0.3 is 9.84 Å². The first-order valence-corrected chi connectivity index (χ1v) is 5.00. The summed E-state index contributed by atoms with van der Waals surface area (Å²) in [6.45, 7) is 3.83. The van der Waals surface area contributed by atoms with Crippen molar-refractivity contribution < 1.29 is 9.84 Å². The molecule has 1 aromatic rings. The Hall–Kier alpha value is -0.730. The van der Waals surface area contributed by atoms with E-state index in [0.717, 1.165) is 16.9 Å². The SMILES string of the molecule is CCC(O)c1cc(Cl)cc(C)c1OC. The van der Waals surface area contributed by atoms with Gasteiger partial charge >= 0.3 is 0 Å². The second-order valence-electron chi connectivity index (χ2n) is 3.27. The highest BCUT2D eigenvalue weighted by atomic mass is 35.5. The Labute approximate surface area is 89.5 Å². The van der Waals surface area contributed by atoms with Gasteiger partial charge in [0.15, 0.2) is 0 Å². The fraction of sp³-hybridized carbons (Fsp3) is 0.455. The molecular weight excluding hydrogens is 200 g/mol. The van der Waals surface area contributed by atoms with Gasteiger partial charge in [-0.2, -0.15) is 0 Å². The van der Waals surface area contributed by atoms with Gasteiger partial charge in [0.25, 0.3) is 0 Å². The van der Waals surface area contributed by atoms with E-state index in [1.165, 1.54) is 0 Å². The molecule has 0 heterocycles. The molecule has 1 aromatic carbocycles. The van der Waals surface area contributed by atoms with Crippen LogP contribution in [-0.4, -0.2) is 12.2 Å². The topological polar surface area (TPSA) is 29.5 Å². The summed E-state index contributed by atoms with van der Waals surface area (Å²) in [7, 11) is 1.60. The third kappa shape index (κ3) is 2.20. The van der Waals surface area contributed by atoms with Crippen LogP contribution in [0.5, 0.6) is 5.75 Å². The second-order valence-corrected chi connectivity index (χ2v) is 3.71. The molecule has 14 heavy (non-hydrogen) atoms. The standard InChI is InChI=1S/C11H15ClO2/c1-4-10(13)9-6-8(12)5-7(2)11(9)14-3/h5-6,10,13H,4H2,1-3H3. The quantitative estimate of drug-likeness (QED) is 0.838. The first-order chi connectivity index (χ1) is 6.60. The molecule has 0 spiro atoms. The summed E-state index contributed by atoms with van der Waals surface area (Å²) in [4.78, 5) is 0. The molecule has 0 aliphatic carbocycles. The van der Waals surface area contributed by atoms with Gasteiger partial charge in [-0.15, -0.1) is 0 Å². The summed E-state index contributed by atoms with van der Waals surface area (Å²) in [5.74, 6) is 0.726. The minimum Gasteiger partial charge on any atom is -0.496 e. The highest BCUT2D eigenvalue weighted by Gasteiger charge is 2.14. The number of hydrogen-bond donors (Lipinski definition) is 1. The number of aliphatic hydroxyl groups is 1. The number of halogens is 1. The number of aryl methyl sites for hydroxylation is 1. The summed E-state index contributed by atoms with van der Waals surface area (Å²) >= 11 is 5.91. The van der Waals surface area contributed by atoms with Gasteiger partial charge in [-0.25, -0.2) is 0 Å². The molecule has 0 aromatic heterocycles. The van der Waals surface area contributed by atoms with Crippen molar-refractivity contribution in [3.63, 3.8) is 0 Å². The lowest BCUT2D eigenvalue weighted by atomic mass is 10.0. The Bertz CT molecular complexity index is 323. The number of ether oxygens (including phenoxy) is 1. The predicted octanol–water partition coefficient (Wildman–Crippen LogP) is 3.10. The Balaban J connectivity index is 3.24. The van der Waals surface area contributed by atoms with Crippen molar-refractivity contribution in [1.29, 1.82) is 0 Å². The average Bonchev–Trinajstić information content (AvgIpc) is 2.15. The Morgan fingerprint density at radius 2 is 2.14 bits per heavy atom. The van der Waals surface area contributed by atoms with Crippen molar-refractivity contribution in [1.82, 2.24) is 0 Å². The Morgan fingerprint density at radius 1 is 1.50 bits per heavy atom. The number of methoxy groups -OCH3 is 1. The van der Waals surface area contributed by atoms with Gasteiger partial charge in [0, 0.05) is 10.6 Å². The first-order valence-electron chi connectivity index (χ1n) is 4.62. The van der Waals surface area contributed by atoms with Crippen molar-refractivity contribution in [2.45, 2.75) is 26.4 Å². The van der Waals surface area contributed by atoms with Crippen LogP contribution >= 0.6 is 11.6 Å². The van der Waals surface area contributed by atoms with Gasteiger partial charge in [0.1, 0.15) is 5.75 Å². The van der Waals surface area contributed by atoms with Crippen molar-refractivity contribution in [2.75, 3.05) is 7.11 Å². The van der Waals surface area contributed by atoms with E-state index < -0.39 is 6.10 Å². The molecule has 1 atom stereocenters. The second kappa shape index (κ2) is 4.67. The first kappa shape index (κ1) is 11.3. The highest BCUT2D eigenvalue weighted by Crippen LogP contribution is 2.33. The van der Waals surface area contributed by atoms with Crippen LogP contribution in [-0.2, 0) is 0 Å². The normalized spacial score (nSPS) is 12.6. The summed E-state index contributed by atoms with van der Waals surface area (Å²) in [6.07, 6.45) is 0.137. The fourth-order valence-electron chi connectivity index (χ4n) is 1.50. The molecule has 3 heteroatoms. The zero-order valence-electron chi connectivity index (χ0n) is 8.67. The average molecular weight is 215 g/mol. The molecule has 1 rings (SSSR count). The molecule has 1 unspecified atom stereocenters. The summed E-state index contributed by atoms with van der Waals surface area (Å²) in [6, 6.07) is 3.58. The molecule has 0 aliphatic heterocycles. The third-order valence-corrected chi connectivity index (χ3v) is 2.44. The molecule has 0 saturated carbocycles. The van der Waals surface area contributed by atoms with Crippen LogP contribution in [0.3, 0.4) is 0 Å². The molecule has 0 amide bonds. The maximum atomic E-state index is 9.75. The van der Waals surface area contributed by atoms with Crippen LogP contribution in [0.15, 0.2) is 12.1 Å². The summed E-state index contributed by atoms with van der Waals surface area (Å²) < 4.78 is 5.24. The molecule has 2 nitrogen and oxygen atoms in total. The van der Waals surface area contributed by atoms with Crippen LogP contribution in [0.2, 0.25) is 5.02 Å². The van der Waals surface area contributed by atoms with Gasteiger partial charge in [0.05, 0.1) is 13.2 Å². The van der Waals surface area contributed by atoms with Crippen molar-refractivity contribution >= 4 is 11.6 Å². The van der Waals surface area contributed by atoms with Crippen LogP contribution in [0.25, 0.3) is 0 Å². The maximum Gasteiger partial charge on any atom is 0.127 e. The largest absolute Gasteiger partial charge is 0.496 e. The van der Waals surface area contributed by atoms with Crippen LogP contribution in [0, 0.1) is 6.92 Å². The number of aliphatic hydroxyl groups excluding tert-OH is 1. The predicted molar refractivity (Wildman–Crippen MR) is 58.0 cm³/mol. The smallest absolute Gasteiger partial charge is 0.127 e. The zero-order valence-corrected chi connectivity index (χ0v) is 9.43. The van der Waals surface area contributed by atoms with E-state index in [1.807, 2.05) is 19.9 Å². The van der Waals surface area contributed by atoms with E-state index in [2.05, 4.69) is 0 Å². The van der Waals surface area contributed by atoms with Crippen molar-refractivity contribution in [2.24, 2.45) is 0 Å². The minimum atomic E-state index is -0.512. The molecule has 0 saturated heterocycles. The summed E-state index contributed by atoms with van der Waals surface area (Å²) in [5, 5.41) is 10.4. The van der Waals surface area contributed by atoms with Crippen molar-refractivity contribution in [3.8, 4) is 5.75 Å². The maximum absolute atomic E-state index is 9.75. The van der Waals surface area contributed by atoms with Crippen LogP contribution in [0.1, 0.15) is 30.6 Å². The monoisotopic (exact) mass is 214 g/mol. The van der Waals surface area contributed by atoms with Crippen LogP contribution in [0.4, 0.5) is 0 Å². The van der Waals surface area contributed by atoms with E-state index in [9.17, 15) is 5.11 Å². The van der Waals surface area contributed by atoms with E-state index in [1.54, 1.807) is 13.2 Å². The van der Waals surface area contributed by atoms with Crippen LogP contribution < -0.4 is 4.74 Å². The lowest BCUT2D eigenvalue weighted by Crippen LogP contribution is -2.01. The van der Waals surface area contributed by atoms with Gasteiger partial charge in [-0.05, 0) is 31.0 Å². The van der Waals surface area contributed by atoms with Gasteiger partial charge in [-0.1, -0.05) is 18.5 Å². The van der Waals surface area contributed by atoms with E-state index >= 15 is 0 Å². The lowest BCUT2D eigenvalue weighted by Gasteiger charge is -2.15. The number of rotatable bonds is 3. The molecule has 0 fully saturated rings. The van der Waals surface area contributed by atoms with E-state index in [4.69, 9.17) is 16.3 Å². The molecule has 0 aliphatic rings. The lowest BCUT2D eigenvalue weighted by molar-refractivity contribution is 0.169. The Morgan fingerprint density at radius 3 is 2.64 bits per heavy atom. The van der Waals surface area contributed by atoms with Gasteiger partial charge in [-0.3, -0.25) is 0 Å². The Kier molecular flexibility index (Phi) is 3.78. The van der Waals surface area contributed by atoms with E-state index in [0.29, 0.717) is 11.4 Å². The molecule has 1 N–H and O–H groups in total. The van der Waals surface area contributed by atoms with Crippen molar-refractivity contribution in [3.05, 3.63) is 28.3 Å².